The molecule has 2 aromatic rings. The van der Waals surface area contributed by atoms with Gasteiger partial charge in [-0.2, -0.15) is 0 Å². The number of fused-ring (bicyclic) bond motifs is 2. The molecule has 0 N–H and O–H groups in total. The zero-order valence-electron chi connectivity index (χ0n) is 7.18. The number of rotatable bonds is 0. The summed E-state index contributed by atoms with van der Waals surface area (Å²) in [7, 11) is 0. The van der Waals surface area contributed by atoms with Gasteiger partial charge in [0, 0.05) is 0 Å². The summed E-state index contributed by atoms with van der Waals surface area (Å²) in [6.07, 6.45) is 3.58. The zero-order valence-corrected chi connectivity index (χ0v) is 8.89. The Kier molecular flexibility index (Phi) is 1.75. The molecule has 2 aromatic heterocycles. The van der Waals surface area contributed by atoms with Gasteiger partial charge >= 0.3 is 87.0 Å². The minimum atomic E-state index is 0.172. The van der Waals surface area contributed by atoms with Gasteiger partial charge in [0.05, 0.1) is 0 Å². The normalized spacial score (nSPS) is 12.6. The maximum atomic E-state index is 5.67. The SMILES string of the molecule is c1cnc2c(c1)Oc1cccnc1[Se]2. The molecule has 14 heavy (non-hydrogen) atoms. The molecule has 0 atom stereocenters. The van der Waals surface area contributed by atoms with E-state index in [4.69, 9.17) is 4.74 Å². The Balaban J connectivity index is 2.12. The first-order valence-corrected chi connectivity index (χ1v) is 5.90. The summed E-state index contributed by atoms with van der Waals surface area (Å²) in [6, 6.07) is 7.66. The second kappa shape index (κ2) is 3.08. The fraction of sp³-hybridized carbons (Fsp3) is 0. The van der Waals surface area contributed by atoms with Gasteiger partial charge in [0.1, 0.15) is 0 Å². The van der Waals surface area contributed by atoms with Crippen LogP contribution in [0.3, 0.4) is 0 Å². The average Bonchev–Trinajstić information content (AvgIpc) is 2.26. The van der Waals surface area contributed by atoms with Crippen molar-refractivity contribution in [3.63, 3.8) is 0 Å². The second-order valence-corrected chi connectivity index (χ2v) is 4.87. The van der Waals surface area contributed by atoms with E-state index >= 15 is 0 Å². The predicted molar refractivity (Wildman–Crippen MR) is 53.6 cm³/mol. The Bertz CT molecular complexity index is 400. The van der Waals surface area contributed by atoms with E-state index in [2.05, 4.69) is 9.97 Å². The molecule has 3 nitrogen and oxygen atoms in total. The van der Waals surface area contributed by atoms with Crippen LogP contribution in [0.5, 0.6) is 11.5 Å². The van der Waals surface area contributed by atoms with Gasteiger partial charge in [0.25, 0.3) is 0 Å². The Morgan fingerprint density at radius 3 is 2.07 bits per heavy atom. The van der Waals surface area contributed by atoms with Gasteiger partial charge in [0.15, 0.2) is 0 Å². The molecule has 0 fully saturated rings. The van der Waals surface area contributed by atoms with Gasteiger partial charge in [-0.3, -0.25) is 0 Å². The van der Waals surface area contributed by atoms with Gasteiger partial charge in [-0.25, -0.2) is 0 Å². The monoisotopic (exact) mass is 250 g/mol. The fourth-order valence-corrected chi connectivity index (χ4v) is 3.01. The van der Waals surface area contributed by atoms with Crippen LogP contribution in [0.15, 0.2) is 36.7 Å². The van der Waals surface area contributed by atoms with Crippen LogP contribution in [-0.2, 0) is 0 Å². The standard InChI is InChI=1S/C10H6N2OSe/c1-3-7-9(11-5-1)14-10-8(13-7)4-2-6-12-10/h1-6H. The molecule has 0 spiro atoms. The van der Waals surface area contributed by atoms with Crippen molar-refractivity contribution in [1.29, 1.82) is 0 Å². The van der Waals surface area contributed by atoms with E-state index < -0.39 is 0 Å². The third-order valence-electron chi connectivity index (χ3n) is 1.89. The number of nitrogens with zero attached hydrogens (tertiary/aromatic N) is 2. The van der Waals surface area contributed by atoms with Crippen molar-refractivity contribution in [1.82, 2.24) is 9.97 Å². The van der Waals surface area contributed by atoms with Crippen molar-refractivity contribution in [2.45, 2.75) is 0 Å². The van der Waals surface area contributed by atoms with Crippen LogP contribution in [-0.4, -0.2) is 24.9 Å². The van der Waals surface area contributed by atoms with Crippen molar-refractivity contribution in [2.75, 3.05) is 0 Å². The van der Waals surface area contributed by atoms with Crippen LogP contribution in [0.25, 0.3) is 0 Å². The summed E-state index contributed by atoms with van der Waals surface area (Å²) in [5.41, 5.74) is 0. The van der Waals surface area contributed by atoms with Crippen molar-refractivity contribution in [3.8, 4) is 11.5 Å². The Hall–Kier alpha value is -1.38. The molecule has 4 heteroatoms. The third kappa shape index (κ3) is 1.20. The molecule has 0 aliphatic carbocycles. The van der Waals surface area contributed by atoms with E-state index in [0.29, 0.717) is 0 Å². The molecule has 1 aliphatic rings. The molecule has 3 heterocycles. The fourth-order valence-electron chi connectivity index (χ4n) is 1.27. The Labute approximate surface area is 87.3 Å². The van der Waals surface area contributed by atoms with Crippen LogP contribution in [0.2, 0.25) is 0 Å². The number of hydrogen-bond donors (Lipinski definition) is 0. The van der Waals surface area contributed by atoms with Crippen LogP contribution in [0.1, 0.15) is 0 Å². The van der Waals surface area contributed by atoms with E-state index in [-0.39, 0.29) is 15.0 Å². The van der Waals surface area contributed by atoms with E-state index in [9.17, 15) is 0 Å². The molecule has 0 aromatic carbocycles. The first kappa shape index (κ1) is 7.97. The summed E-state index contributed by atoms with van der Waals surface area (Å²) in [6.45, 7) is 0. The van der Waals surface area contributed by atoms with Crippen LogP contribution >= 0.6 is 0 Å². The summed E-state index contributed by atoms with van der Waals surface area (Å²) in [5, 5.41) is 0. The molecular weight excluding hydrogens is 243 g/mol. The summed E-state index contributed by atoms with van der Waals surface area (Å²) in [4.78, 5) is 8.56. The number of aromatic nitrogens is 2. The van der Waals surface area contributed by atoms with Crippen molar-refractivity contribution >= 4 is 24.1 Å². The van der Waals surface area contributed by atoms with Gasteiger partial charge in [-0.05, 0) is 0 Å². The second-order valence-electron chi connectivity index (χ2n) is 2.82. The molecule has 0 radical (unpaired) electrons. The van der Waals surface area contributed by atoms with Crippen LogP contribution in [0, 0.1) is 0 Å². The molecule has 3 rings (SSSR count). The maximum absolute atomic E-state index is 5.67. The number of hydrogen-bond acceptors (Lipinski definition) is 3. The first-order valence-electron chi connectivity index (χ1n) is 4.19. The molecule has 0 unspecified atom stereocenters. The van der Waals surface area contributed by atoms with Crippen LogP contribution < -0.4 is 13.9 Å². The molecule has 0 saturated carbocycles. The molecular formula is C10H6N2OSe. The Morgan fingerprint density at radius 2 is 1.50 bits per heavy atom. The summed E-state index contributed by atoms with van der Waals surface area (Å²) < 4.78 is 7.71. The first-order chi connectivity index (χ1) is 6.93. The summed E-state index contributed by atoms with van der Waals surface area (Å²) in [5.74, 6) is 1.74. The quantitative estimate of drug-likeness (QED) is 0.535. The minimum absolute atomic E-state index is 0.172. The van der Waals surface area contributed by atoms with E-state index in [1.807, 2.05) is 24.3 Å². The van der Waals surface area contributed by atoms with Crippen molar-refractivity contribution < 1.29 is 4.74 Å². The van der Waals surface area contributed by atoms with Crippen molar-refractivity contribution in [3.05, 3.63) is 36.7 Å². The van der Waals surface area contributed by atoms with E-state index in [1.165, 1.54) is 0 Å². The van der Waals surface area contributed by atoms with Crippen molar-refractivity contribution in [2.24, 2.45) is 0 Å². The van der Waals surface area contributed by atoms with E-state index in [0.717, 1.165) is 20.7 Å². The predicted octanol–water partition coefficient (Wildman–Crippen LogP) is 0.237. The van der Waals surface area contributed by atoms with Gasteiger partial charge in [-0.1, -0.05) is 0 Å². The van der Waals surface area contributed by atoms with Gasteiger partial charge in [0.2, 0.25) is 0 Å². The molecule has 68 valence electrons. The Morgan fingerprint density at radius 1 is 0.929 bits per heavy atom. The number of ether oxygens (including phenoxy) is 1. The number of pyridine rings is 2. The molecule has 0 amide bonds. The van der Waals surface area contributed by atoms with Gasteiger partial charge in [-0.15, -0.1) is 0 Å². The van der Waals surface area contributed by atoms with E-state index in [1.54, 1.807) is 12.4 Å². The molecule has 0 saturated heterocycles. The molecule has 0 bridgehead atoms. The zero-order chi connectivity index (χ0) is 9.38. The van der Waals surface area contributed by atoms with Gasteiger partial charge < -0.3 is 0 Å². The molecule has 1 aliphatic heterocycles. The summed E-state index contributed by atoms with van der Waals surface area (Å²) >= 11 is 0.172. The average molecular weight is 249 g/mol. The van der Waals surface area contributed by atoms with Crippen LogP contribution in [0.4, 0.5) is 0 Å². The third-order valence-corrected chi connectivity index (χ3v) is 3.98. The topological polar surface area (TPSA) is 35.0 Å².